The van der Waals surface area contributed by atoms with Crippen LogP contribution in [0.25, 0.3) is 10.9 Å². The third-order valence-corrected chi connectivity index (χ3v) is 10.4. The molecule has 50 heavy (non-hydrogen) atoms. The maximum absolute atomic E-state index is 14.1. The molecule has 6 rings (SSSR count). The number of carboxylic acids is 1. The number of benzene rings is 1. The highest BCUT2D eigenvalue weighted by Gasteiger charge is 2.61. The van der Waals surface area contributed by atoms with Gasteiger partial charge in [0, 0.05) is 43.4 Å². The van der Waals surface area contributed by atoms with Crippen molar-refractivity contribution in [3.8, 4) is 11.6 Å². The quantitative estimate of drug-likeness (QED) is 0.243. The van der Waals surface area contributed by atoms with E-state index < -0.39 is 41.7 Å². The zero-order chi connectivity index (χ0) is 35.3. The number of rotatable bonds is 9. The number of nitrogens with one attached hydrogen (secondary N) is 2. The van der Waals surface area contributed by atoms with E-state index in [4.69, 9.17) is 30.5 Å². The molecule has 5 atom stereocenters. The van der Waals surface area contributed by atoms with E-state index in [-0.39, 0.29) is 56.2 Å². The van der Waals surface area contributed by atoms with Crippen molar-refractivity contribution >= 4 is 46.4 Å². The van der Waals surface area contributed by atoms with Gasteiger partial charge < -0.3 is 39.6 Å². The molecule has 1 aromatic heterocycles. The van der Waals surface area contributed by atoms with Gasteiger partial charge in [0.05, 0.1) is 23.7 Å². The summed E-state index contributed by atoms with van der Waals surface area (Å²) < 4.78 is 23.0. The largest absolute Gasteiger partial charge is 0.488 e. The third kappa shape index (κ3) is 8.26. The standard InChI is InChI=1S/C36H45ClN4O9/c1-47-15-16-48-30-19-29(26-13-8-14-27(37)32(26)39-30)49-25-18-28-33(43)40-36(34(44)45)20-22(36)9-4-2-3-5-10-23(17-31(42)41(28)21-25)38-35(46)50-24-11-6-7-12-24/h4,8-9,13-14,19,22-25,28H,2-3,5-7,10-12,15-18,20-21H2,1H3,(H,38,46)(H,40,43)(H,44,45)/b9-4-/t22-,23-,25+,28-,36+/m0/s1. The van der Waals surface area contributed by atoms with Gasteiger partial charge >= 0.3 is 12.1 Å². The highest BCUT2D eigenvalue weighted by Crippen LogP contribution is 2.45. The number of hydrogen-bond donors (Lipinski definition) is 3. The van der Waals surface area contributed by atoms with Crippen LogP contribution in [0.4, 0.5) is 4.79 Å². The van der Waals surface area contributed by atoms with Crippen molar-refractivity contribution in [3.63, 3.8) is 0 Å². The summed E-state index contributed by atoms with van der Waals surface area (Å²) in [4.78, 5) is 59.3. The van der Waals surface area contributed by atoms with E-state index in [2.05, 4.69) is 15.6 Å². The first-order valence-corrected chi connectivity index (χ1v) is 17.9. The number of alkyl carbamates (subject to hydrolysis) is 1. The second kappa shape index (κ2) is 15.8. The van der Waals surface area contributed by atoms with Crippen LogP contribution in [-0.4, -0.2) is 95.6 Å². The highest BCUT2D eigenvalue weighted by atomic mass is 35.5. The van der Waals surface area contributed by atoms with Gasteiger partial charge in [0.15, 0.2) is 0 Å². The third-order valence-electron chi connectivity index (χ3n) is 10.0. The number of carbonyl (C=O) groups excluding carboxylic acids is 3. The molecule has 2 aliphatic carbocycles. The van der Waals surface area contributed by atoms with Gasteiger partial charge in [-0.15, -0.1) is 0 Å². The van der Waals surface area contributed by atoms with Gasteiger partial charge in [-0.2, -0.15) is 0 Å². The number of methoxy groups -OCH3 is 1. The second-order valence-corrected chi connectivity index (χ2v) is 14.0. The molecular weight excluding hydrogens is 668 g/mol. The van der Waals surface area contributed by atoms with Crippen molar-refractivity contribution in [1.29, 1.82) is 0 Å². The number of para-hydroxylation sites is 1. The lowest BCUT2D eigenvalue weighted by atomic mass is 10.0. The molecule has 0 spiro atoms. The zero-order valence-corrected chi connectivity index (χ0v) is 29.0. The van der Waals surface area contributed by atoms with Crippen LogP contribution >= 0.6 is 11.6 Å². The molecule has 4 aliphatic rings. The van der Waals surface area contributed by atoms with Crippen LogP contribution in [0.15, 0.2) is 36.4 Å². The predicted molar refractivity (Wildman–Crippen MR) is 183 cm³/mol. The number of fused-ring (bicyclic) bond motifs is 3. The molecule has 2 saturated carbocycles. The number of amides is 3. The molecule has 3 amide bonds. The summed E-state index contributed by atoms with van der Waals surface area (Å²) in [6.07, 6.45) is 9.32. The van der Waals surface area contributed by atoms with Gasteiger partial charge in [0.2, 0.25) is 17.7 Å². The minimum atomic E-state index is -1.43. The Hall–Kier alpha value is -4.10. The molecule has 1 aromatic carbocycles. The van der Waals surface area contributed by atoms with Crippen molar-refractivity contribution in [2.75, 3.05) is 26.9 Å². The van der Waals surface area contributed by atoms with E-state index in [1.807, 2.05) is 18.2 Å². The Morgan fingerprint density at radius 1 is 1.12 bits per heavy atom. The lowest BCUT2D eigenvalue weighted by Crippen LogP contribution is -2.53. The molecule has 0 radical (unpaired) electrons. The molecule has 14 heteroatoms. The van der Waals surface area contributed by atoms with Crippen LogP contribution in [0, 0.1) is 5.92 Å². The van der Waals surface area contributed by atoms with Crippen LogP contribution in [0.5, 0.6) is 11.6 Å². The molecule has 1 saturated heterocycles. The van der Waals surface area contributed by atoms with Gasteiger partial charge in [-0.3, -0.25) is 9.59 Å². The van der Waals surface area contributed by atoms with Crippen LogP contribution in [-0.2, 0) is 23.9 Å². The summed E-state index contributed by atoms with van der Waals surface area (Å²) in [6, 6.07) is 5.43. The number of allylic oxidation sites excluding steroid dienone is 1. The van der Waals surface area contributed by atoms with E-state index in [9.17, 15) is 24.3 Å². The summed E-state index contributed by atoms with van der Waals surface area (Å²) in [5.41, 5.74) is -0.961. The average molecular weight is 713 g/mol. The molecule has 13 nitrogen and oxygen atoms in total. The van der Waals surface area contributed by atoms with Crippen LogP contribution < -0.4 is 20.1 Å². The number of ether oxygens (including phenoxy) is 4. The maximum Gasteiger partial charge on any atom is 0.407 e. The first-order valence-electron chi connectivity index (χ1n) is 17.5. The smallest absolute Gasteiger partial charge is 0.407 e. The zero-order valence-electron chi connectivity index (χ0n) is 28.2. The van der Waals surface area contributed by atoms with E-state index in [1.54, 1.807) is 25.3 Å². The number of pyridine rings is 1. The van der Waals surface area contributed by atoms with E-state index in [0.717, 1.165) is 44.9 Å². The lowest BCUT2D eigenvalue weighted by Gasteiger charge is -2.27. The fraction of sp³-hybridized carbons (Fsp3) is 0.583. The summed E-state index contributed by atoms with van der Waals surface area (Å²) in [7, 11) is 1.57. The van der Waals surface area contributed by atoms with Crippen LogP contribution in [0.3, 0.4) is 0 Å². The Labute approximate surface area is 296 Å². The van der Waals surface area contributed by atoms with E-state index in [0.29, 0.717) is 34.7 Å². The lowest BCUT2D eigenvalue weighted by molar-refractivity contribution is -0.145. The monoisotopic (exact) mass is 712 g/mol. The fourth-order valence-electron chi connectivity index (χ4n) is 7.24. The number of carboxylic acid groups (broad SMARTS) is 1. The van der Waals surface area contributed by atoms with Crippen molar-refractivity contribution in [1.82, 2.24) is 20.5 Å². The number of aromatic nitrogens is 1. The van der Waals surface area contributed by atoms with Crippen molar-refractivity contribution in [3.05, 3.63) is 41.4 Å². The van der Waals surface area contributed by atoms with E-state index >= 15 is 0 Å². The fourth-order valence-corrected chi connectivity index (χ4v) is 7.46. The number of carbonyl (C=O) groups is 4. The van der Waals surface area contributed by atoms with Gasteiger partial charge in [-0.1, -0.05) is 36.2 Å². The molecule has 3 N–H and O–H groups in total. The number of aliphatic carboxylic acids is 1. The predicted octanol–water partition coefficient (Wildman–Crippen LogP) is 4.78. The van der Waals surface area contributed by atoms with Gasteiger partial charge in [-0.05, 0) is 63.5 Å². The highest BCUT2D eigenvalue weighted by molar-refractivity contribution is 6.35. The topological polar surface area (TPSA) is 166 Å². The SMILES string of the molecule is COCCOc1cc(O[C@@H]2C[C@H]3C(=O)N[C@]4(C(=O)O)C[C@@H]4/C=C\CCCC[C@H](NC(=O)OC4CCCC4)CC(=O)N3C2)c2cccc(Cl)c2n1. The Kier molecular flexibility index (Phi) is 11.3. The van der Waals surface area contributed by atoms with Gasteiger partial charge in [-0.25, -0.2) is 14.6 Å². The Morgan fingerprint density at radius 2 is 1.92 bits per heavy atom. The molecule has 2 aliphatic heterocycles. The van der Waals surface area contributed by atoms with Gasteiger partial charge in [0.1, 0.15) is 36.1 Å². The summed E-state index contributed by atoms with van der Waals surface area (Å²) in [5.74, 6) is -1.69. The first-order chi connectivity index (χ1) is 24.2. The summed E-state index contributed by atoms with van der Waals surface area (Å²) in [6.45, 7) is 0.652. The number of halogens is 1. The van der Waals surface area contributed by atoms with Crippen LogP contribution in [0.1, 0.15) is 70.6 Å². The van der Waals surface area contributed by atoms with E-state index in [1.165, 1.54) is 4.90 Å². The minimum absolute atomic E-state index is 0.0515. The molecule has 0 bridgehead atoms. The van der Waals surface area contributed by atoms with Gasteiger partial charge in [0.25, 0.3) is 0 Å². The molecule has 3 fully saturated rings. The minimum Gasteiger partial charge on any atom is -0.488 e. The number of nitrogens with zero attached hydrogens (tertiary/aromatic N) is 2. The normalized spacial score (nSPS) is 28.1. The molecule has 0 unspecified atom stereocenters. The Balaban J connectivity index is 1.26. The second-order valence-electron chi connectivity index (χ2n) is 13.6. The Bertz CT molecular complexity index is 1620. The molecular formula is C36H45ClN4O9. The maximum atomic E-state index is 14.1. The summed E-state index contributed by atoms with van der Waals surface area (Å²) >= 11 is 6.50. The van der Waals surface area contributed by atoms with Crippen molar-refractivity contribution in [2.24, 2.45) is 5.92 Å². The molecule has 2 aromatic rings. The first kappa shape index (κ1) is 35.7. The summed E-state index contributed by atoms with van der Waals surface area (Å²) in [5, 5.41) is 16.9. The Morgan fingerprint density at radius 3 is 2.70 bits per heavy atom. The van der Waals surface area contributed by atoms with Crippen molar-refractivity contribution < 1.29 is 43.2 Å². The average Bonchev–Trinajstić information content (AvgIpc) is 3.35. The van der Waals surface area contributed by atoms with Crippen LogP contribution in [0.2, 0.25) is 5.02 Å². The number of hydrogen-bond acceptors (Lipinski definition) is 9. The molecule has 270 valence electrons. The molecule has 3 heterocycles. The van der Waals surface area contributed by atoms with Crippen molar-refractivity contribution in [2.45, 2.75) is 100 Å².